The van der Waals surface area contributed by atoms with Crippen LogP contribution in [0.15, 0.2) is 53.3 Å². The van der Waals surface area contributed by atoms with Gasteiger partial charge in [0.25, 0.3) is 0 Å². The SMILES string of the molecule is CCCCCCCCC1=C([Si](C)(N[Si](C)(C)C)c2ccccc2)CC=C1. The van der Waals surface area contributed by atoms with Crippen LogP contribution < -0.4 is 9.83 Å². The van der Waals surface area contributed by atoms with E-state index >= 15 is 0 Å². The third-order valence-corrected chi connectivity index (χ3v) is 13.6. The van der Waals surface area contributed by atoms with Gasteiger partial charge in [-0.25, -0.2) is 0 Å². The highest BCUT2D eigenvalue weighted by Gasteiger charge is 2.39. The second-order valence-electron chi connectivity index (χ2n) is 8.99. The first-order valence-corrected chi connectivity index (χ1v) is 16.6. The summed E-state index contributed by atoms with van der Waals surface area (Å²) in [7, 11) is -3.22. The molecule has 1 aliphatic carbocycles. The average Bonchev–Trinajstić information content (AvgIpc) is 3.06. The van der Waals surface area contributed by atoms with Gasteiger partial charge < -0.3 is 4.65 Å². The van der Waals surface area contributed by atoms with Gasteiger partial charge in [0, 0.05) is 0 Å². The molecule has 144 valence electrons. The first kappa shape index (κ1) is 21.4. The Morgan fingerprint density at radius 2 is 1.54 bits per heavy atom. The van der Waals surface area contributed by atoms with Gasteiger partial charge in [0.2, 0.25) is 0 Å². The molecule has 2 rings (SSSR count). The van der Waals surface area contributed by atoms with E-state index in [0.717, 1.165) is 6.42 Å². The van der Waals surface area contributed by atoms with Crippen LogP contribution in [-0.2, 0) is 0 Å². The van der Waals surface area contributed by atoms with Crippen LogP contribution in [0.25, 0.3) is 0 Å². The van der Waals surface area contributed by atoms with E-state index in [0.29, 0.717) is 0 Å². The standard InChI is InChI=1S/C23H39NSi2/c1-6-7-8-9-10-12-16-21-17-15-20-23(21)26(5,24-25(2,3)4)22-18-13-11-14-19-22/h11,13-15,17-19,24H,6-10,12,16,20H2,1-5H3. The van der Waals surface area contributed by atoms with Crippen molar-refractivity contribution < 1.29 is 0 Å². The normalized spacial score (nSPS) is 17.0. The van der Waals surface area contributed by atoms with Gasteiger partial charge in [-0.3, -0.25) is 0 Å². The summed E-state index contributed by atoms with van der Waals surface area (Å²) in [6.07, 6.45) is 15.5. The minimum absolute atomic E-state index is 1.15. The van der Waals surface area contributed by atoms with Crippen molar-refractivity contribution in [3.8, 4) is 0 Å². The van der Waals surface area contributed by atoms with Crippen LogP contribution in [0.2, 0.25) is 26.2 Å². The Morgan fingerprint density at radius 1 is 0.885 bits per heavy atom. The molecule has 1 atom stereocenters. The number of hydrogen-bond donors (Lipinski definition) is 1. The highest BCUT2D eigenvalue weighted by Crippen LogP contribution is 2.31. The van der Waals surface area contributed by atoms with Crippen molar-refractivity contribution in [2.45, 2.75) is 84.5 Å². The summed E-state index contributed by atoms with van der Waals surface area (Å²) in [5.74, 6) is 0. The van der Waals surface area contributed by atoms with Crippen molar-refractivity contribution in [1.29, 1.82) is 0 Å². The molecule has 1 aromatic rings. The van der Waals surface area contributed by atoms with E-state index in [1.807, 2.05) is 0 Å². The zero-order valence-corrected chi connectivity index (χ0v) is 19.7. The molecule has 1 N–H and O–H groups in total. The fraction of sp³-hybridized carbons (Fsp3) is 0.565. The Morgan fingerprint density at radius 3 is 2.19 bits per heavy atom. The third-order valence-electron chi connectivity index (χ3n) is 5.41. The molecule has 1 aliphatic rings. The summed E-state index contributed by atoms with van der Waals surface area (Å²) in [5, 5.41) is 3.28. The molecule has 1 nitrogen and oxygen atoms in total. The van der Waals surface area contributed by atoms with Gasteiger partial charge in [0.1, 0.15) is 8.24 Å². The van der Waals surface area contributed by atoms with Crippen LogP contribution in [0.5, 0.6) is 0 Å². The monoisotopic (exact) mass is 385 g/mol. The van der Waals surface area contributed by atoms with Crippen LogP contribution in [0.4, 0.5) is 0 Å². The zero-order chi connectivity index (χ0) is 19.0. The lowest BCUT2D eigenvalue weighted by Gasteiger charge is -2.38. The van der Waals surface area contributed by atoms with Crippen LogP contribution in [0, 0.1) is 0 Å². The second-order valence-corrected chi connectivity index (χ2v) is 17.9. The zero-order valence-electron chi connectivity index (χ0n) is 17.7. The van der Waals surface area contributed by atoms with Crippen LogP contribution >= 0.6 is 0 Å². The summed E-state index contributed by atoms with van der Waals surface area (Å²) < 4.78 is 4.22. The predicted molar refractivity (Wildman–Crippen MR) is 123 cm³/mol. The van der Waals surface area contributed by atoms with E-state index in [1.165, 1.54) is 44.9 Å². The molecule has 0 radical (unpaired) electrons. The Bertz CT molecular complexity index is 613. The summed E-state index contributed by atoms with van der Waals surface area (Å²) in [6, 6.07) is 11.3. The first-order valence-electron chi connectivity index (χ1n) is 10.6. The maximum absolute atomic E-state index is 4.22. The molecule has 0 aliphatic heterocycles. The van der Waals surface area contributed by atoms with E-state index in [4.69, 9.17) is 0 Å². The van der Waals surface area contributed by atoms with Crippen molar-refractivity contribution >= 4 is 21.7 Å². The van der Waals surface area contributed by atoms with Gasteiger partial charge in [-0.05, 0) is 31.0 Å². The van der Waals surface area contributed by atoms with E-state index < -0.39 is 16.5 Å². The Kier molecular flexibility index (Phi) is 8.12. The van der Waals surface area contributed by atoms with Crippen LogP contribution in [0.1, 0.15) is 58.3 Å². The van der Waals surface area contributed by atoms with Crippen LogP contribution in [-0.4, -0.2) is 16.5 Å². The minimum Gasteiger partial charge on any atom is -0.353 e. The third kappa shape index (κ3) is 6.07. The minimum atomic E-state index is -1.84. The van der Waals surface area contributed by atoms with E-state index in [2.05, 4.69) is 80.2 Å². The first-order chi connectivity index (χ1) is 12.4. The lowest BCUT2D eigenvalue weighted by atomic mass is 10.1. The van der Waals surface area contributed by atoms with E-state index in [-0.39, 0.29) is 0 Å². The highest BCUT2D eigenvalue weighted by atomic mass is 28.4. The number of allylic oxidation sites excluding steroid dienone is 4. The largest absolute Gasteiger partial charge is 0.353 e. The maximum atomic E-state index is 4.22. The van der Waals surface area contributed by atoms with Gasteiger partial charge in [-0.1, -0.05) is 112 Å². The number of rotatable bonds is 11. The summed E-state index contributed by atoms with van der Waals surface area (Å²) in [6.45, 7) is 12.2. The Balaban J connectivity index is 2.17. The van der Waals surface area contributed by atoms with Gasteiger partial charge in [0.15, 0.2) is 8.24 Å². The van der Waals surface area contributed by atoms with Crippen molar-refractivity contribution in [2.24, 2.45) is 0 Å². The molecule has 3 heteroatoms. The summed E-state index contributed by atoms with van der Waals surface area (Å²) >= 11 is 0. The summed E-state index contributed by atoms with van der Waals surface area (Å²) in [4.78, 5) is 0. The molecule has 0 saturated carbocycles. The number of benzene rings is 1. The smallest absolute Gasteiger partial charge is 0.176 e. The molecule has 0 aromatic heterocycles. The number of unbranched alkanes of at least 4 members (excludes halogenated alkanes) is 5. The van der Waals surface area contributed by atoms with Gasteiger partial charge >= 0.3 is 0 Å². The van der Waals surface area contributed by atoms with Crippen molar-refractivity contribution in [2.75, 3.05) is 0 Å². The molecule has 1 unspecified atom stereocenters. The fourth-order valence-corrected chi connectivity index (χ4v) is 14.0. The number of hydrogen-bond acceptors (Lipinski definition) is 1. The summed E-state index contributed by atoms with van der Waals surface area (Å²) in [5.41, 5.74) is 1.64. The molecule has 0 spiro atoms. The van der Waals surface area contributed by atoms with Gasteiger partial charge in [-0.2, -0.15) is 0 Å². The fourth-order valence-electron chi connectivity index (χ4n) is 4.25. The molecule has 0 fully saturated rings. The molecular weight excluding hydrogens is 346 g/mol. The quantitative estimate of drug-likeness (QED) is 0.341. The van der Waals surface area contributed by atoms with Crippen molar-refractivity contribution in [3.05, 3.63) is 53.3 Å². The lowest BCUT2D eigenvalue weighted by molar-refractivity contribution is 0.608. The topological polar surface area (TPSA) is 12.0 Å². The van der Waals surface area contributed by atoms with Crippen molar-refractivity contribution in [1.82, 2.24) is 4.65 Å². The highest BCUT2D eigenvalue weighted by molar-refractivity contribution is 7.02. The second kappa shape index (κ2) is 9.86. The molecule has 0 saturated heterocycles. The van der Waals surface area contributed by atoms with Gasteiger partial charge in [0.05, 0.1) is 0 Å². The Labute approximate surface area is 164 Å². The van der Waals surface area contributed by atoms with Crippen LogP contribution in [0.3, 0.4) is 0 Å². The lowest BCUT2D eigenvalue weighted by Crippen LogP contribution is -2.67. The van der Waals surface area contributed by atoms with Crippen molar-refractivity contribution in [3.63, 3.8) is 0 Å². The molecule has 26 heavy (non-hydrogen) atoms. The average molecular weight is 386 g/mol. The molecule has 0 amide bonds. The maximum Gasteiger partial charge on any atom is 0.176 e. The Hall–Kier alpha value is -0.906. The molecule has 0 bridgehead atoms. The molecule has 1 aromatic carbocycles. The predicted octanol–water partition coefficient (Wildman–Crippen LogP) is 6.44. The van der Waals surface area contributed by atoms with Gasteiger partial charge in [-0.15, -0.1) is 0 Å². The molecule has 0 heterocycles. The van der Waals surface area contributed by atoms with E-state index in [1.54, 1.807) is 16.0 Å². The number of nitrogens with one attached hydrogen (secondary N) is 1. The molecular formula is C23H39NSi2. The van der Waals surface area contributed by atoms with E-state index in [9.17, 15) is 0 Å².